The molecule has 1 aromatic carbocycles. The quantitative estimate of drug-likeness (QED) is 0.306. The largest absolute Gasteiger partial charge is 0.245 e. The van der Waals surface area contributed by atoms with Crippen LogP contribution in [0.5, 0.6) is 0 Å². The third-order valence-corrected chi connectivity index (χ3v) is 17.4. The van der Waals surface area contributed by atoms with E-state index in [1.807, 2.05) is 0 Å². The highest BCUT2D eigenvalue weighted by Gasteiger charge is 2.48. The average Bonchev–Trinajstić information content (AvgIpc) is 3.74. The van der Waals surface area contributed by atoms with Crippen molar-refractivity contribution in [1.82, 2.24) is 23.4 Å². The fourth-order valence-electron chi connectivity index (χ4n) is 6.81. The minimum atomic E-state index is -2.28. The van der Waals surface area contributed by atoms with E-state index in [4.69, 9.17) is 9.26 Å². The lowest BCUT2D eigenvalue weighted by Gasteiger charge is -2.49. The Morgan fingerprint density at radius 2 is 0.833 bits per heavy atom. The van der Waals surface area contributed by atoms with Gasteiger partial charge in [0.25, 0.3) is 0 Å². The highest BCUT2D eigenvalue weighted by Crippen LogP contribution is 2.74. The summed E-state index contributed by atoms with van der Waals surface area (Å²) >= 11 is 3.65. The normalized spacial score (nSPS) is 25.9. The predicted molar refractivity (Wildman–Crippen MR) is 157 cm³/mol. The van der Waals surface area contributed by atoms with Gasteiger partial charge in [0.1, 0.15) is 0 Å². The average molecular weight is 597 g/mol. The number of hydrogen-bond acceptors (Lipinski definition) is 1. The molecular formula is C26H44BrN7P2. The molecule has 5 aliphatic heterocycles. The SMILES string of the molecule is Brc1ccc(N=P(N=P(N2CCCC2)(N2CCCC2)N2CCCC2)(N2CCCC2)N2CCCC2)cc1. The van der Waals surface area contributed by atoms with Crippen molar-refractivity contribution in [2.75, 3.05) is 65.4 Å². The molecule has 0 spiro atoms. The lowest BCUT2D eigenvalue weighted by atomic mass is 10.3. The summed E-state index contributed by atoms with van der Waals surface area (Å²) in [5.74, 6) is 0. The molecule has 0 unspecified atom stereocenters. The van der Waals surface area contributed by atoms with Gasteiger partial charge in [0.2, 0.25) is 7.51 Å². The Bertz CT molecular complexity index is 919. The van der Waals surface area contributed by atoms with Crippen LogP contribution in [0.1, 0.15) is 64.2 Å². The van der Waals surface area contributed by atoms with Crippen molar-refractivity contribution in [2.24, 2.45) is 9.26 Å². The highest BCUT2D eigenvalue weighted by molar-refractivity contribution is 9.10. The van der Waals surface area contributed by atoms with Crippen molar-refractivity contribution in [3.05, 3.63) is 28.7 Å². The van der Waals surface area contributed by atoms with Gasteiger partial charge in [-0.1, -0.05) is 15.9 Å². The second kappa shape index (κ2) is 11.6. The second-order valence-corrected chi connectivity index (χ2v) is 17.8. The van der Waals surface area contributed by atoms with Gasteiger partial charge in [-0.2, -0.15) is 4.52 Å². The number of halogens is 1. The Labute approximate surface area is 227 Å². The van der Waals surface area contributed by atoms with Crippen LogP contribution in [0.4, 0.5) is 5.69 Å². The minimum absolute atomic E-state index is 1.11. The van der Waals surface area contributed by atoms with Crippen LogP contribution in [0, 0.1) is 0 Å². The molecule has 0 aliphatic carbocycles. The lowest BCUT2D eigenvalue weighted by Crippen LogP contribution is -2.39. The molecule has 5 aliphatic rings. The third-order valence-electron chi connectivity index (χ3n) is 8.63. The van der Waals surface area contributed by atoms with Crippen LogP contribution in [-0.4, -0.2) is 88.8 Å². The number of hydrogen-bond donors (Lipinski definition) is 0. The van der Waals surface area contributed by atoms with E-state index in [-0.39, 0.29) is 0 Å². The van der Waals surface area contributed by atoms with Gasteiger partial charge in [-0.3, -0.25) is 0 Å². The van der Waals surface area contributed by atoms with Crippen molar-refractivity contribution in [1.29, 1.82) is 0 Å². The van der Waals surface area contributed by atoms with Gasteiger partial charge in [-0.15, -0.1) is 0 Å². The van der Waals surface area contributed by atoms with Crippen LogP contribution in [0.2, 0.25) is 0 Å². The van der Waals surface area contributed by atoms with Gasteiger partial charge in [-0.05, 0) is 88.5 Å². The molecule has 5 fully saturated rings. The maximum absolute atomic E-state index is 6.44. The van der Waals surface area contributed by atoms with Gasteiger partial charge in [-0.25, -0.2) is 28.1 Å². The standard InChI is InChI=1S/C26H44BrN7P2/c27-25-11-13-26(14-12-25)28-35(30-15-1-2-16-30,31-17-3-4-18-31)29-36(32-19-5-6-20-32,33-21-7-8-22-33)34-23-9-10-24-34/h11-14H,1-10,15-24H2. The van der Waals surface area contributed by atoms with Crippen LogP contribution < -0.4 is 0 Å². The summed E-state index contributed by atoms with van der Waals surface area (Å²) in [6.45, 7) is 11.9. The minimum Gasteiger partial charge on any atom is -0.245 e. The van der Waals surface area contributed by atoms with Crippen LogP contribution >= 0.6 is 30.9 Å². The lowest BCUT2D eigenvalue weighted by molar-refractivity contribution is 0.383. The molecule has 10 heteroatoms. The summed E-state index contributed by atoms with van der Waals surface area (Å²) < 4.78 is 27.6. The second-order valence-electron chi connectivity index (χ2n) is 11.0. The molecule has 7 nitrogen and oxygen atoms in total. The molecule has 0 saturated carbocycles. The predicted octanol–water partition coefficient (Wildman–Crippen LogP) is 7.45. The summed E-state index contributed by atoms with van der Waals surface area (Å²) in [7, 11) is -4.31. The van der Waals surface area contributed by atoms with Crippen molar-refractivity contribution in [3.63, 3.8) is 0 Å². The molecule has 1 aromatic rings. The fraction of sp³-hybridized carbons (Fsp3) is 0.769. The molecule has 0 radical (unpaired) electrons. The summed E-state index contributed by atoms with van der Waals surface area (Å²) in [5, 5.41) is 0. The molecule has 36 heavy (non-hydrogen) atoms. The molecule has 0 amide bonds. The van der Waals surface area contributed by atoms with Gasteiger partial charge in [0.15, 0.2) is 7.51 Å². The fourth-order valence-corrected chi connectivity index (χ4v) is 17.0. The summed E-state index contributed by atoms with van der Waals surface area (Å²) in [4.78, 5) is 0. The summed E-state index contributed by atoms with van der Waals surface area (Å²) in [6.07, 6.45) is 13.1. The Morgan fingerprint density at radius 3 is 1.19 bits per heavy atom. The van der Waals surface area contributed by atoms with E-state index < -0.39 is 15.0 Å². The first-order chi connectivity index (χ1) is 17.7. The molecule has 5 saturated heterocycles. The zero-order chi connectivity index (χ0) is 24.4. The van der Waals surface area contributed by atoms with E-state index in [0.717, 1.165) is 36.3 Å². The molecule has 0 atom stereocenters. The Balaban J connectivity index is 1.63. The Morgan fingerprint density at radius 1 is 0.500 bits per heavy atom. The molecular weight excluding hydrogens is 552 g/mol. The van der Waals surface area contributed by atoms with Crippen molar-refractivity contribution in [3.8, 4) is 0 Å². The van der Waals surface area contributed by atoms with Crippen LogP contribution in [0.3, 0.4) is 0 Å². The van der Waals surface area contributed by atoms with E-state index in [1.54, 1.807) is 0 Å². The first kappa shape index (κ1) is 26.2. The molecule has 0 N–H and O–H groups in total. The topological polar surface area (TPSA) is 40.9 Å². The van der Waals surface area contributed by atoms with E-state index >= 15 is 0 Å². The van der Waals surface area contributed by atoms with Crippen molar-refractivity contribution < 1.29 is 0 Å². The first-order valence-corrected chi connectivity index (χ1v) is 18.5. The van der Waals surface area contributed by atoms with Crippen LogP contribution in [-0.2, 0) is 0 Å². The van der Waals surface area contributed by atoms with Gasteiger partial charge >= 0.3 is 0 Å². The van der Waals surface area contributed by atoms with E-state index in [2.05, 4.69) is 63.5 Å². The maximum Gasteiger partial charge on any atom is 0.218 e. The first-order valence-electron chi connectivity index (χ1n) is 14.5. The summed E-state index contributed by atoms with van der Waals surface area (Å²) in [5.41, 5.74) is 1.11. The summed E-state index contributed by atoms with van der Waals surface area (Å²) in [6, 6.07) is 8.74. The monoisotopic (exact) mass is 595 g/mol. The van der Waals surface area contributed by atoms with Crippen molar-refractivity contribution in [2.45, 2.75) is 64.2 Å². The molecule has 0 aromatic heterocycles. The maximum atomic E-state index is 6.44. The molecule has 6 rings (SSSR count). The van der Waals surface area contributed by atoms with Crippen molar-refractivity contribution >= 4 is 36.6 Å². The van der Waals surface area contributed by atoms with Gasteiger partial charge in [0, 0.05) is 69.9 Å². The Kier molecular flexibility index (Phi) is 8.44. The third kappa shape index (κ3) is 4.99. The van der Waals surface area contributed by atoms with Crippen LogP contribution in [0.25, 0.3) is 0 Å². The van der Waals surface area contributed by atoms with E-state index in [1.165, 1.54) is 103 Å². The highest BCUT2D eigenvalue weighted by atomic mass is 79.9. The zero-order valence-electron chi connectivity index (χ0n) is 21.9. The number of benzene rings is 1. The zero-order valence-corrected chi connectivity index (χ0v) is 25.2. The van der Waals surface area contributed by atoms with Gasteiger partial charge in [0.05, 0.1) is 5.69 Å². The number of nitrogens with zero attached hydrogens (tertiary/aromatic N) is 7. The van der Waals surface area contributed by atoms with Gasteiger partial charge < -0.3 is 0 Å². The number of rotatable bonds is 7. The van der Waals surface area contributed by atoms with E-state index in [9.17, 15) is 0 Å². The molecule has 200 valence electrons. The van der Waals surface area contributed by atoms with E-state index in [0.29, 0.717) is 0 Å². The molecule has 0 bridgehead atoms. The smallest absolute Gasteiger partial charge is 0.218 e. The Hall–Kier alpha value is -0.0400. The van der Waals surface area contributed by atoms with Crippen LogP contribution in [0.15, 0.2) is 38.0 Å². The molecule has 5 heterocycles.